The fourth-order valence-electron chi connectivity index (χ4n) is 2.31. The van der Waals surface area contributed by atoms with E-state index in [2.05, 4.69) is 15.5 Å². The molecule has 1 amide bonds. The maximum atomic E-state index is 12.5. The third-order valence-electron chi connectivity index (χ3n) is 3.71. The number of rotatable bonds is 8. The quantitative estimate of drug-likeness (QED) is 0.208. The number of aliphatic hydroxyl groups is 1. The van der Waals surface area contributed by atoms with E-state index in [0.29, 0.717) is 18.0 Å². The summed E-state index contributed by atoms with van der Waals surface area (Å²) in [6, 6.07) is 10.8. The minimum atomic E-state index is -0.752. The standard InChI is InChI=1S/C20H22N4O5/c1-4-10-29-18-9-8-13(2)11-17(18)22-23-19(14(3)25)20(26)21-15-6-5-7-16(12-15)24(27)28/h5-9,11-12,25H,4,10H2,1-3H3,(H,21,26)/b19-14-,23-22?. The van der Waals surface area contributed by atoms with Crippen molar-refractivity contribution in [2.24, 2.45) is 10.2 Å². The topological polar surface area (TPSA) is 126 Å². The molecule has 0 fully saturated rings. The van der Waals surface area contributed by atoms with Crippen LogP contribution in [0.1, 0.15) is 25.8 Å². The van der Waals surface area contributed by atoms with Crippen LogP contribution in [0.3, 0.4) is 0 Å². The molecule has 0 unspecified atom stereocenters. The number of anilines is 1. The molecule has 0 radical (unpaired) electrons. The minimum absolute atomic E-state index is 0.173. The highest BCUT2D eigenvalue weighted by molar-refractivity contribution is 6.03. The molecular formula is C20H22N4O5. The van der Waals surface area contributed by atoms with Crippen LogP contribution in [0, 0.1) is 17.0 Å². The number of nitro groups is 1. The SMILES string of the molecule is CCCOc1ccc(C)cc1N=N/C(C(=O)Nc1cccc([N+](=O)[O-])c1)=C(/C)O. The molecule has 9 nitrogen and oxygen atoms in total. The van der Waals surface area contributed by atoms with Gasteiger partial charge in [0.05, 0.1) is 11.5 Å². The van der Waals surface area contributed by atoms with Gasteiger partial charge in [-0.1, -0.05) is 19.1 Å². The normalized spacial score (nSPS) is 11.8. The van der Waals surface area contributed by atoms with Crippen molar-refractivity contribution in [3.63, 3.8) is 0 Å². The average Bonchev–Trinajstić information content (AvgIpc) is 2.67. The summed E-state index contributed by atoms with van der Waals surface area (Å²) >= 11 is 0. The van der Waals surface area contributed by atoms with Crippen molar-refractivity contribution >= 4 is 23.0 Å². The number of carbonyl (C=O) groups is 1. The number of nitro benzene ring substituents is 1. The number of allylic oxidation sites excluding steroid dienone is 1. The second-order valence-electron chi connectivity index (χ2n) is 6.22. The van der Waals surface area contributed by atoms with Gasteiger partial charge in [0.2, 0.25) is 0 Å². The highest BCUT2D eigenvalue weighted by Gasteiger charge is 2.15. The van der Waals surface area contributed by atoms with E-state index in [0.717, 1.165) is 12.0 Å². The van der Waals surface area contributed by atoms with Crippen LogP contribution in [0.2, 0.25) is 0 Å². The van der Waals surface area contributed by atoms with E-state index < -0.39 is 10.8 Å². The van der Waals surface area contributed by atoms with Gasteiger partial charge in [-0.25, -0.2) is 0 Å². The lowest BCUT2D eigenvalue weighted by atomic mass is 10.2. The Morgan fingerprint density at radius 3 is 2.69 bits per heavy atom. The van der Waals surface area contributed by atoms with E-state index in [1.165, 1.54) is 31.2 Å². The van der Waals surface area contributed by atoms with Crippen LogP contribution in [0.25, 0.3) is 0 Å². The summed E-state index contributed by atoms with van der Waals surface area (Å²) in [6.45, 7) is 5.65. The Hall–Kier alpha value is -3.75. The predicted octanol–water partition coefficient (Wildman–Crippen LogP) is 5.20. The zero-order valence-corrected chi connectivity index (χ0v) is 16.4. The van der Waals surface area contributed by atoms with Crippen molar-refractivity contribution in [2.75, 3.05) is 11.9 Å². The molecule has 2 aromatic carbocycles. The Morgan fingerprint density at radius 1 is 1.28 bits per heavy atom. The highest BCUT2D eigenvalue weighted by atomic mass is 16.6. The van der Waals surface area contributed by atoms with Crippen LogP contribution in [0.4, 0.5) is 17.1 Å². The van der Waals surface area contributed by atoms with Gasteiger partial charge in [0, 0.05) is 17.8 Å². The zero-order chi connectivity index (χ0) is 21.4. The van der Waals surface area contributed by atoms with E-state index in [1.54, 1.807) is 12.1 Å². The van der Waals surface area contributed by atoms with E-state index in [9.17, 15) is 20.0 Å². The molecule has 152 valence electrons. The molecular weight excluding hydrogens is 376 g/mol. The maximum Gasteiger partial charge on any atom is 0.279 e. The third-order valence-corrected chi connectivity index (χ3v) is 3.71. The van der Waals surface area contributed by atoms with Crippen LogP contribution in [-0.2, 0) is 4.79 Å². The van der Waals surface area contributed by atoms with Crippen LogP contribution in [0.5, 0.6) is 5.75 Å². The number of amides is 1. The second kappa shape index (κ2) is 9.98. The van der Waals surface area contributed by atoms with Gasteiger partial charge in [0.15, 0.2) is 5.70 Å². The maximum absolute atomic E-state index is 12.5. The molecule has 0 aromatic heterocycles. The van der Waals surface area contributed by atoms with Crippen LogP contribution in [-0.4, -0.2) is 22.5 Å². The highest BCUT2D eigenvalue weighted by Crippen LogP contribution is 2.30. The fourth-order valence-corrected chi connectivity index (χ4v) is 2.31. The van der Waals surface area contributed by atoms with Crippen molar-refractivity contribution < 1.29 is 19.6 Å². The van der Waals surface area contributed by atoms with E-state index >= 15 is 0 Å². The molecule has 0 bridgehead atoms. The molecule has 0 saturated carbocycles. The fraction of sp³-hybridized carbons (Fsp3) is 0.250. The van der Waals surface area contributed by atoms with Crippen LogP contribution < -0.4 is 10.1 Å². The number of ether oxygens (including phenoxy) is 1. The smallest absolute Gasteiger partial charge is 0.279 e. The average molecular weight is 398 g/mol. The minimum Gasteiger partial charge on any atom is -0.510 e. The molecule has 2 rings (SSSR count). The molecule has 0 aliphatic heterocycles. The summed E-state index contributed by atoms with van der Waals surface area (Å²) in [7, 11) is 0. The number of azo groups is 1. The van der Waals surface area contributed by atoms with Crippen molar-refractivity contribution in [2.45, 2.75) is 27.2 Å². The Morgan fingerprint density at radius 2 is 2.03 bits per heavy atom. The van der Waals surface area contributed by atoms with Crippen molar-refractivity contribution in [3.8, 4) is 5.75 Å². The summed E-state index contributed by atoms with van der Waals surface area (Å²) in [6.07, 6.45) is 0.816. The number of non-ortho nitro benzene ring substituents is 1. The van der Waals surface area contributed by atoms with Gasteiger partial charge in [0.1, 0.15) is 17.2 Å². The number of benzene rings is 2. The monoisotopic (exact) mass is 398 g/mol. The molecule has 29 heavy (non-hydrogen) atoms. The Bertz CT molecular complexity index is 965. The molecule has 0 aliphatic rings. The number of nitrogens with one attached hydrogen (secondary N) is 1. The number of nitrogens with zero attached hydrogens (tertiary/aromatic N) is 3. The van der Waals surface area contributed by atoms with E-state index in [-0.39, 0.29) is 22.8 Å². The van der Waals surface area contributed by atoms with Crippen LogP contribution >= 0.6 is 0 Å². The molecule has 2 N–H and O–H groups in total. The number of hydrogen-bond donors (Lipinski definition) is 2. The molecule has 0 saturated heterocycles. The summed E-state index contributed by atoms with van der Waals surface area (Å²) in [5.74, 6) is -0.589. The lowest BCUT2D eigenvalue weighted by Gasteiger charge is -2.09. The van der Waals surface area contributed by atoms with Gasteiger partial charge in [0.25, 0.3) is 11.6 Å². The van der Waals surface area contributed by atoms with Crippen molar-refractivity contribution in [3.05, 3.63) is 69.6 Å². The first-order valence-corrected chi connectivity index (χ1v) is 8.92. The third kappa shape index (κ3) is 6.13. The van der Waals surface area contributed by atoms with Gasteiger partial charge in [-0.05, 0) is 44.0 Å². The van der Waals surface area contributed by atoms with Crippen molar-refractivity contribution in [1.29, 1.82) is 0 Å². The zero-order valence-electron chi connectivity index (χ0n) is 16.4. The summed E-state index contributed by atoms with van der Waals surface area (Å²) in [4.78, 5) is 22.8. The molecule has 0 aliphatic carbocycles. The summed E-state index contributed by atoms with van der Waals surface area (Å²) in [5.41, 5.74) is 1.05. The molecule has 9 heteroatoms. The molecule has 0 spiro atoms. The molecule has 0 heterocycles. The molecule has 0 atom stereocenters. The Balaban J connectivity index is 2.26. The predicted molar refractivity (Wildman–Crippen MR) is 109 cm³/mol. The summed E-state index contributed by atoms with van der Waals surface area (Å²) in [5, 5.41) is 31.2. The Kier molecular flexibility index (Phi) is 7.41. The number of aryl methyl sites for hydroxylation is 1. The Labute approximate surface area is 167 Å². The van der Waals surface area contributed by atoms with Gasteiger partial charge in [-0.2, -0.15) is 0 Å². The largest absolute Gasteiger partial charge is 0.510 e. The van der Waals surface area contributed by atoms with E-state index in [1.807, 2.05) is 19.9 Å². The number of hydrogen-bond acceptors (Lipinski definition) is 7. The van der Waals surface area contributed by atoms with Crippen LogP contribution in [0.15, 0.2) is 64.1 Å². The van der Waals surface area contributed by atoms with Gasteiger partial charge >= 0.3 is 0 Å². The van der Waals surface area contributed by atoms with Gasteiger partial charge < -0.3 is 15.2 Å². The number of carbonyl (C=O) groups excluding carboxylic acids is 1. The second-order valence-corrected chi connectivity index (χ2v) is 6.22. The first kappa shape index (κ1) is 21.5. The van der Waals surface area contributed by atoms with Gasteiger partial charge in [-0.3, -0.25) is 14.9 Å². The first-order chi connectivity index (χ1) is 13.8. The van der Waals surface area contributed by atoms with Gasteiger partial charge in [-0.15, -0.1) is 10.2 Å². The summed E-state index contributed by atoms with van der Waals surface area (Å²) < 4.78 is 5.63. The van der Waals surface area contributed by atoms with Crippen molar-refractivity contribution in [1.82, 2.24) is 0 Å². The first-order valence-electron chi connectivity index (χ1n) is 8.92. The molecule has 2 aromatic rings. The lowest BCUT2D eigenvalue weighted by molar-refractivity contribution is -0.384. The van der Waals surface area contributed by atoms with E-state index in [4.69, 9.17) is 4.74 Å². The number of aliphatic hydroxyl groups excluding tert-OH is 1. The lowest BCUT2D eigenvalue weighted by Crippen LogP contribution is -2.14.